The van der Waals surface area contributed by atoms with Gasteiger partial charge in [0.25, 0.3) is 0 Å². The molecule has 0 aromatic heterocycles. The van der Waals surface area contributed by atoms with Crippen molar-refractivity contribution >= 4 is 6.09 Å². The predicted molar refractivity (Wildman–Crippen MR) is 73.0 cm³/mol. The van der Waals surface area contributed by atoms with Crippen molar-refractivity contribution in [3.05, 3.63) is 35.9 Å². The first-order chi connectivity index (χ1) is 9.11. The molecular formula is C15H20N2O2. The van der Waals surface area contributed by atoms with E-state index in [1.165, 1.54) is 12.0 Å². The van der Waals surface area contributed by atoms with E-state index in [-0.39, 0.29) is 5.41 Å². The largest absolute Gasteiger partial charge is 0.465 e. The molecule has 1 saturated carbocycles. The molecule has 1 amide bonds. The van der Waals surface area contributed by atoms with Gasteiger partial charge in [-0.25, -0.2) is 4.79 Å². The normalized spacial score (nSPS) is 30.7. The van der Waals surface area contributed by atoms with E-state index in [1.54, 1.807) is 0 Å². The highest BCUT2D eigenvalue weighted by Gasteiger charge is 2.60. The number of piperidine rings is 1. The van der Waals surface area contributed by atoms with Crippen molar-refractivity contribution in [2.75, 3.05) is 19.6 Å². The monoisotopic (exact) mass is 260 g/mol. The average molecular weight is 260 g/mol. The molecule has 0 bridgehead atoms. The molecule has 1 saturated heterocycles. The summed E-state index contributed by atoms with van der Waals surface area (Å²) in [7, 11) is 0. The van der Waals surface area contributed by atoms with Gasteiger partial charge in [0.2, 0.25) is 0 Å². The summed E-state index contributed by atoms with van der Waals surface area (Å²) in [5.41, 5.74) is 1.55. The quantitative estimate of drug-likeness (QED) is 0.873. The molecule has 2 aliphatic rings. The Morgan fingerprint density at radius 2 is 2.26 bits per heavy atom. The number of likely N-dealkylation sites (tertiary alicyclic amines) is 1. The van der Waals surface area contributed by atoms with Crippen LogP contribution >= 0.6 is 0 Å². The molecule has 4 heteroatoms. The van der Waals surface area contributed by atoms with Gasteiger partial charge in [-0.2, -0.15) is 0 Å². The van der Waals surface area contributed by atoms with Crippen molar-refractivity contribution in [3.8, 4) is 0 Å². The second-order valence-electron chi connectivity index (χ2n) is 5.94. The lowest BCUT2D eigenvalue weighted by Gasteiger charge is -2.27. The number of hydrogen-bond donors (Lipinski definition) is 2. The van der Waals surface area contributed by atoms with Gasteiger partial charge in [0.15, 0.2) is 0 Å². The minimum absolute atomic E-state index is 0.210. The van der Waals surface area contributed by atoms with Crippen molar-refractivity contribution in [2.45, 2.75) is 19.4 Å². The average Bonchev–Trinajstić information content (AvgIpc) is 2.98. The van der Waals surface area contributed by atoms with E-state index in [9.17, 15) is 4.79 Å². The van der Waals surface area contributed by atoms with Gasteiger partial charge in [-0.15, -0.1) is 0 Å². The summed E-state index contributed by atoms with van der Waals surface area (Å²) in [4.78, 5) is 13.1. The minimum Gasteiger partial charge on any atom is -0.465 e. The summed E-state index contributed by atoms with van der Waals surface area (Å²) >= 11 is 0. The lowest BCUT2D eigenvalue weighted by atomic mass is 10.0. The molecule has 4 nitrogen and oxygen atoms in total. The number of rotatable bonds is 4. The molecule has 1 aliphatic carbocycles. The predicted octanol–water partition coefficient (Wildman–Crippen LogP) is 2.34. The number of benzene rings is 1. The molecule has 1 aromatic rings. The van der Waals surface area contributed by atoms with Crippen molar-refractivity contribution < 1.29 is 9.90 Å². The van der Waals surface area contributed by atoms with Crippen molar-refractivity contribution in [1.29, 1.82) is 0 Å². The van der Waals surface area contributed by atoms with Crippen LogP contribution in [0.3, 0.4) is 0 Å². The number of carboxylic acid groups (broad SMARTS) is 1. The number of amides is 1. The van der Waals surface area contributed by atoms with Crippen LogP contribution < -0.4 is 5.32 Å². The molecule has 2 fully saturated rings. The Balaban J connectivity index is 1.62. The molecule has 3 unspecified atom stereocenters. The van der Waals surface area contributed by atoms with E-state index in [0.29, 0.717) is 18.5 Å². The first-order valence-corrected chi connectivity index (χ1v) is 6.86. The van der Waals surface area contributed by atoms with Gasteiger partial charge < -0.3 is 10.4 Å². The number of nitrogens with one attached hydrogen (secondary N) is 1. The Morgan fingerprint density at radius 3 is 2.95 bits per heavy atom. The van der Waals surface area contributed by atoms with E-state index < -0.39 is 6.09 Å². The first-order valence-electron chi connectivity index (χ1n) is 6.86. The number of fused-ring (bicyclic) bond motifs is 1. The van der Waals surface area contributed by atoms with Gasteiger partial charge in [-0.05, 0) is 24.8 Å². The van der Waals surface area contributed by atoms with Crippen LogP contribution in [0, 0.1) is 11.3 Å². The van der Waals surface area contributed by atoms with Crippen LogP contribution in [0.25, 0.3) is 0 Å². The van der Waals surface area contributed by atoms with Gasteiger partial charge in [0.05, 0.1) is 0 Å². The number of nitrogens with zero attached hydrogens (tertiary/aromatic N) is 1. The Hall–Kier alpha value is -1.55. The topological polar surface area (TPSA) is 52.6 Å². The fourth-order valence-corrected chi connectivity index (χ4v) is 3.40. The maximum Gasteiger partial charge on any atom is 0.404 e. The Labute approximate surface area is 113 Å². The van der Waals surface area contributed by atoms with Crippen LogP contribution in [-0.2, 0) is 0 Å². The SMILES string of the molecule is CC(c1ccccc1)N1CC2CC2(CNC(=O)O)C1. The molecule has 0 radical (unpaired) electrons. The van der Waals surface area contributed by atoms with Gasteiger partial charge in [0, 0.05) is 31.1 Å². The van der Waals surface area contributed by atoms with Gasteiger partial charge in [-0.1, -0.05) is 30.3 Å². The number of hydrogen-bond acceptors (Lipinski definition) is 2. The van der Waals surface area contributed by atoms with Crippen molar-refractivity contribution in [3.63, 3.8) is 0 Å². The second-order valence-corrected chi connectivity index (χ2v) is 5.94. The lowest BCUT2D eigenvalue weighted by molar-refractivity contribution is 0.187. The van der Waals surface area contributed by atoms with Gasteiger partial charge in [0.1, 0.15) is 0 Å². The molecule has 1 heterocycles. The highest BCUT2D eigenvalue weighted by molar-refractivity contribution is 5.64. The molecule has 3 rings (SSSR count). The van der Waals surface area contributed by atoms with Crippen molar-refractivity contribution in [2.24, 2.45) is 11.3 Å². The zero-order valence-electron chi connectivity index (χ0n) is 11.2. The highest BCUT2D eigenvalue weighted by Crippen LogP contribution is 2.58. The molecule has 2 N–H and O–H groups in total. The molecule has 19 heavy (non-hydrogen) atoms. The summed E-state index contributed by atoms with van der Waals surface area (Å²) in [6.45, 7) is 4.94. The third kappa shape index (κ3) is 2.32. The third-order valence-electron chi connectivity index (χ3n) is 4.75. The van der Waals surface area contributed by atoms with Gasteiger partial charge in [-0.3, -0.25) is 4.90 Å². The molecular weight excluding hydrogens is 240 g/mol. The smallest absolute Gasteiger partial charge is 0.404 e. The number of carbonyl (C=O) groups is 1. The first kappa shape index (κ1) is 12.5. The lowest BCUT2D eigenvalue weighted by Crippen LogP contribution is -2.34. The van der Waals surface area contributed by atoms with Crippen LogP contribution in [0.4, 0.5) is 4.79 Å². The maximum atomic E-state index is 10.6. The standard InChI is InChI=1S/C15H20N2O2/c1-11(12-5-3-2-4-6-12)17-8-13-7-15(13,10-17)9-16-14(18)19/h2-6,11,13,16H,7-10H2,1H3,(H,18,19). The summed E-state index contributed by atoms with van der Waals surface area (Å²) in [6, 6.07) is 10.9. The van der Waals surface area contributed by atoms with Crippen LogP contribution in [0.15, 0.2) is 30.3 Å². The van der Waals surface area contributed by atoms with Crippen LogP contribution in [-0.4, -0.2) is 35.7 Å². The third-order valence-corrected chi connectivity index (χ3v) is 4.75. The van der Waals surface area contributed by atoms with E-state index >= 15 is 0 Å². The van der Waals surface area contributed by atoms with Gasteiger partial charge >= 0.3 is 6.09 Å². The molecule has 0 spiro atoms. The zero-order chi connectivity index (χ0) is 13.5. The van der Waals surface area contributed by atoms with Crippen LogP contribution in [0.2, 0.25) is 0 Å². The fraction of sp³-hybridized carbons (Fsp3) is 0.533. The van der Waals surface area contributed by atoms with E-state index in [1.807, 2.05) is 6.07 Å². The maximum absolute atomic E-state index is 10.6. The van der Waals surface area contributed by atoms with E-state index in [2.05, 4.69) is 41.4 Å². The molecule has 1 aliphatic heterocycles. The Morgan fingerprint density at radius 1 is 1.53 bits per heavy atom. The molecule has 102 valence electrons. The molecule has 1 aromatic carbocycles. The van der Waals surface area contributed by atoms with Crippen LogP contribution in [0.5, 0.6) is 0 Å². The van der Waals surface area contributed by atoms with Crippen LogP contribution in [0.1, 0.15) is 24.9 Å². The summed E-state index contributed by atoms with van der Waals surface area (Å²) in [5.74, 6) is 0.672. The minimum atomic E-state index is -0.908. The van der Waals surface area contributed by atoms with Crippen molar-refractivity contribution in [1.82, 2.24) is 10.2 Å². The molecule has 3 atom stereocenters. The Kier molecular flexibility index (Phi) is 2.97. The van der Waals surface area contributed by atoms with E-state index in [0.717, 1.165) is 13.1 Å². The zero-order valence-corrected chi connectivity index (χ0v) is 11.2. The van der Waals surface area contributed by atoms with E-state index in [4.69, 9.17) is 5.11 Å². The second kappa shape index (κ2) is 4.53. The summed E-state index contributed by atoms with van der Waals surface area (Å²) in [6.07, 6.45) is 0.264. The fourth-order valence-electron chi connectivity index (χ4n) is 3.40. The summed E-state index contributed by atoms with van der Waals surface area (Å²) in [5, 5.41) is 11.3. The summed E-state index contributed by atoms with van der Waals surface area (Å²) < 4.78 is 0. The highest BCUT2D eigenvalue weighted by atomic mass is 16.4. The Bertz CT molecular complexity index is 476.